The Balaban J connectivity index is 2.34. The SMILES string of the molecule is CCNC(CN1CCCCC1)C(C)CC. The summed E-state index contributed by atoms with van der Waals surface area (Å²) in [4.78, 5) is 2.64. The second-order valence-electron chi connectivity index (χ2n) is 4.91. The van der Waals surface area contributed by atoms with Crippen molar-refractivity contribution in [3.63, 3.8) is 0 Å². The summed E-state index contributed by atoms with van der Waals surface area (Å²) in [5.41, 5.74) is 0. The third-order valence-corrected chi connectivity index (χ3v) is 3.70. The van der Waals surface area contributed by atoms with Crippen molar-refractivity contribution in [1.82, 2.24) is 10.2 Å². The van der Waals surface area contributed by atoms with E-state index < -0.39 is 0 Å². The zero-order chi connectivity index (χ0) is 11.1. The normalized spacial score (nSPS) is 22.6. The Morgan fingerprint density at radius 3 is 2.33 bits per heavy atom. The van der Waals surface area contributed by atoms with E-state index in [-0.39, 0.29) is 0 Å². The predicted molar refractivity (Wildman–Crippen MR) is 67.2 cm³/mol. The molecule has 0 amide bonds. The molecule has 2 atom stereocenters. The molecule has 0 aromatic carbocycles. The fourth-order valence-corrected chi connectivity index (χ4v) is 2.41. The van der Waals surface area contributed by atoms with Gasteiger partial charge in [0.05, 0.1) is 0 Å². The lowest BCUT2D eigenvalue weighted by Gasteiger charge is -2.33. The van der Waals surface area contributed by atoms with Crippen molar-refractivity contribution in [3.05, 3.63) is 0 Å². The van der Waals surface area contributed by atoms with Crippen LogP contribution in [0, 0.1) is 5.92 Å². The van der Waals surface area contributed by atoms with Crippen LogP contribution in [-0.2, 0) is 0 Å². The van der Waals surface area contributed by atoms with Gasteiger partial charge in [-0.2, -0.15) is 0 Å². The van der Waals surface area contributed by atoms with Crippen LogP contribution < -0.4 is 5.32 Å². The Hall–Kier alpha value is -0.0800. The van der Waals surface area contributed by atoms with Gasteiger partial charge in [0.15, 0.2) is 0 Å². The molecule has 0 aromatic heterocycles. The second kappa shape index (κ2) is 7.24. The van der Waals surface area contributed by atoms with Gasteiger partial charge in [0.2, 0.25) is 0 Å². The first-order valence-electron chi connectivity index (χ1n) is 6.73. The van der Waals surface area contributed by atoms with Gasteiger partial charge in [0.1, 0.15) is 0 Å². The molecule has 1 aliphatic heterocycles. The van der Waals surface area contributed by atoms with Crippen LogP contribution in [-0.4, -0.2) is 37.1 Å². The highest BCUT2D eigenvalue weighted by Crippen LogP contribution is 2.13. The van der Waals surface area contributed by atoms with E-state index in [0.29, 0.717) is 6.04 Å². The minimum absolute atomic E-state index is 0.693. The second-order valence-corrected chi connectivity index (χ2v) is 4.91. The molecular formula is C13H28N2. The molecule has 0 radical (unpaired) electrons. The van der Waals surface area contributed by atoms with Crippen LogP contribution in [0.3, 0.4) is 0 Å². The lowest BCUT2D eigenvalue weighted by atomic mass is 9.97. The Morgan fingerprint density at radius 2 is 1.80 bits per heavy atom. The van der Waals surface area contributed by atoms with Crippen molar-refractivity contribution < 1.29 is 0 Å². The Kier molecular flexibility index (Phi) is 6.26. The maximum atomic E-state index is 3.64. The number of hydrogen-bond donors (Lipinski definition) is 1. The molecule has 2 nitrogen and oxygen atoms in total. The first-order chi connectivity index (χ1) is 7.27. The third-order valence-electron chi connectivity index (χ3n) is 3.70. The maximum absolute atomic E-state index is 3.64. The lowest BCUT2D eigenvalue weighted by Crippen LogP contribution is -2.46. The molecule has 0 saturated carbocycles. The van der Waals surface area contributed by atoms with Crippen LogP contribution in [0.1, 0.15) is 46.5 Å². The zero-order valence-corrected chi connectivity index (χ0v) is 10.8. The summed E-state index contributed by atoms with van der Waals surface area (Å²) in [5.74, 6) is 0.798. The van der Waals surface area contributed by atoms with E-state index in [2.05, 4.69) is 31.0 Å². The molecular weight excluding hydrogens is 184 g/mol. The molecule has 1 rings (SSSR count). The average Bonchev–Trinajstić information content (AvgIpc) is 2.29. The summed E-state index contributed by atoms with van der Waals surface area (Å²) < 4.78 is 0. The summed E-state index contributed by atoms with van der Waals surface area (Å²) in [6, 6.07) is 0.693. The van der Waals surface area contributed by atoms with Crippen LogP contribution in [0.2, 0.25) is 0 Å². The van der Waals surface area contributed by atoms with Crippen LogP contribution in [0.15, 0.2) is 0 Å². The fourth-order valence-electron chi connectivity index (χ4n) is 2.41. The summed E-state index contributed by atoms with van der Waals surface area (Å²) in [7, 11) is 0. The molecule has 1 aliphatic rings. The van der Waals surface area contributed by atoms with Gasteiger partial charge in [-0.25, -0.2) is 0 Å². The van der Waals surface area contributed by atoms with Gasteiger partial charge in [-0.05, 0) is 38.4 Å². The number of likely N-dealkylation sites (N-methyl/N-ethyl adjacent to an activating group) is 1. The Bertz CT molecular complexity index is 153. The summed E-state index contributed by atoms with van der Waals surface area (Å²) in [5, 5.41) is 3.64. The molecule has 90 valence electrons. The Labute approximate surface area is 95.4 Å². The number of rotatable bonds is 6. The summed E-state index contributed by atoms with van der Waals surface area (Å²) in [6.07, 6.45) is 5.52. The van der Waals surface area contributed by atoms with Gasteiger partial charge in [-0.15, -0.1) is 0 Å². The molecule has 0 aliphatic carbocycles. The first kappa shape index (κ1) is 13.0. The Morgan fingerprint density at radius 1 is 1.13 bits per heavy atom. The van der Waals surface area contributed by atoms with Crippen molar-refractivity contribution in [2.45, 2.75) is 52.5 Å². The van der Waals surface area contributed by atoms with Crippen molar-refractivity contribution >= 4 is 0 Å². The molecule has 1 saturated heterocycles. The molecule has 2 unspecified atom stereocenters. The van der Waals surface area contributed by atoms with E-state index in [1.54, 1.807) is 0 Å². The molecule has 0 aromatic rings. The molecule has 2 heteroatoms. The number of hydrogen-bond acceptors (Lipinski definition) is 2. The smallest absolute Gasteiger partial charge is 0.0220 e. The van der Waals surface area contributed by atoms with Crippen LogP contribution >= 0.6 is 0 Å². The fraction of sp³-hybridized carbons (Fsp3) is 1.00. The first-order valence-corrected chi connectivity index (χ1v) is 6.73. The minimum Gasteiger partial charge on any atom is -0.313 e. The van der Waals surface area contributed by atoms with Crippen molar-refractivity contribution in [2.24, 2.45) is 5.92 Å². The third kappa shape index (κ3) is 4.52. The zero-order valence-electron chi connectivity index (χ0n) is 10.8. The van der Waals surface area contributed by atoms with Crippen LogP contribution in [0.5, 0.6) is 0 Å². The highest BCUT2D eigenvalue weighted by molar-refractivity contribution is 4.77. The van der Waals surface area contributed by atoms with Gasteiger partial charge in [0.25, 0.3) is 0 Å². The topological polar surface area (TPSA) is 15.3 Å². The van der Waals surface area contributed by atoms with E-state index in [0.717, 1.165) is 12.5 Å². The largest absolute Gasteiger partial charge is 0.313 e. The quantitative estimate of drug-likeness (QED) is 0.728. The molecule has 1 N–H and O–H groups in total. The molecule has 0 bridgehead atoms. The monoisotopic (exact) mass is 212 g/mol. The summed E-state index contributed by atoms with van der Waals surface area (Å²) in [6.45, 7) is 11.9. The lowest BCUT2D eigenvalue weighted by molar-refractivity contribution is 0.183. The summed E-state index contributed by atoms with van der Waals surface area (Å²) >= 11 is 0. The van der Waals surface area contributed by atoms with E-state index in [9.17, 15) is 0 Å². The van der Waals surface area contributed by atoms with E-state index in [1.807, 2.05) is 0 Å². The molecule has 15 heavy (non-hydrogen) atoms. The van der Waals surface area contributed by atoms with Crippen molar-refractivity contribution in [1.29, 1.82) is 0 Å². The number of nitrogens with zero attached hydrogens (tertiary/aromatic N) is 1. The highest BCUT2D eigenvalue weighted by atomic mass is 15.2. The van der Waals surface area contributed by atoms with Crippen molar-refractivity contribution in [2.75, 3.05) is 26.2 Å². The van der Waals surface area contributed by atoms with Crippen molar-refractivity contribution in [3.8, 4) is 0 Å². The number of likely N-dealkylation sites (tertiary alicyclic amines) is 1. The maximum Gasteiger partial charge on any atom is 0.0220 e. The van der Waals surface area contributed by atoms with E-state index >= 15 is 0 Å². The van der Waals surface area contributed by atoms with E-state index in [4.69, 9.17) is 0 Å². The van der Waals surface area contributed by atoms with E-state index in [1.165, 1.54) is 45.3 Å². The predicted octanol–water partition coefficient (Wildman–Crippen LogP) is 2.50. The highest BCUT2D eigenvalue weighted by Gasteiger charge is 2.19. The number of piperidine rings is 1. The van der Waals surface area contributed by atoms with Gasteiger partial charge in [-0.3, -0.25) is 0 Å². The number of nitrogens with one attached hydrogen (secondary N) is 1. The van der Waals surface area contributed by atoms with Crippen LogP contribution in [0.4, 0.5) is 0 Å². The standard InChI is InChI=1S/C13H28N2/c1-4-12(3)13(14-5-2)11-15-9-7-6-8-10-15/h12-14H,4-11H2,1-3H3. The van der Waals surface area contributed by atoms with Gasteiger partial charge in [-0.1, -0.05) is 33.6 Å². The molecule has 1 fully saturated rings. The van der Waals surface area contributed by atoms with Gasteiger partial charge >= 0.3 is 0 Å². The molecule has 0 spiro atoms. The molecule has 1 heterocycles. The average molecular weight is 212 g/mol. The minimum atomic E-state index is 0.693. The van der Waals surface area contributed by atoms with Crippen LogP contribution in [0.25, 0.3) is 0 Å². The van der Waals surface area contributed by atoms with Gasteiger partial charge < -0.3 is 10.2 Å². The van der Waals surface area contributed by atoms with Gasteiger partial charge in [0, 0.05) is 12.6 Å².